The van der Waals surface area contributed by atoms with Crippen molar-refractivity contribution in [3.05, 3.63) is 46.6 Å². The fourth-order valence-corrected chi connectivity index (χ4v) is 4.77. The zero-order valence-corrected chi connectivity index (χ0v) is 19.3. The first-order valence-corrected chi connectivity index (χ1v) is 10.9. The number of hydrogen-bond donors (Lipinski definition) is 1. The molecule has 0 saturated heterocycles. The van der Waals surface area contributed by atoms with Crippen molar-refractivity contribution in [1.29, 1.82) is 0 Å². The van der Waals surface area contributed by atoms with Crippen molar-refractivity contribution >= 4 is 33.2 Å². The molecular formula is C22H25BrN4O4. The molecule has 2 aromatic heterocycles. The molecule has 1 fully saturated rings. The number of carbonyl (C=O) groups is 1. The first kappa shape index (κ1) is 21.4. The minimum atomic E-state index is -0.139. The fourth-order valence-electron chi connectivity index (χ4n) is 4.21. The van der Waals surface area contributed by atoms with Crippen LogP contribution in [0.4, 0.5) is 5.82 Å². The van der Waals surface area contributed by atoms with Crippen molar-refractivity contribution in [2.24, 2.45) is 5.92 Å². The highest BCUT2D eigenvalue weighted by Gasteiger charge is 2.34. The third-order valence-corrected chi connectivity index (χ3v) is 6.37. The molecule has 1 aliphatic rings. The fraction of sp³-hybridized carbons (Fsp3) is 0.409. The smallest absolute Gasteiger partial charge is 0.308 e. The normalized spacial score (nSPS) is 18.2. The van der Waals surface area contributed by atoms with Crippen LogP contribution in [0.15, 0.2) is 35.2 Å². The third kappa shape index (κ3) is 4.19. The second kappa shape index (κ2) is 9.13. The van der Waals surface area contributed by atoms with E-state index in [1.807, 2.05) is 24.4 Å². The Morgan fingerprint density at radius 2 is 2.10 bits per heavy atom. The van der Waals surface area contributed by atoms with Crippen molar-refractivity contribution in [1.82, 2.24) is 14.4 Å². The van der Waals surface area contributed by atoms with Crippen LogP contribution < -0.4 is 14.8 Å². The van der Waals surface area contributed by atoms with E-state index in [9.17, 15) is 4.79 Å². The molecule has 0 unspecified atom stereocenters. The molecule has 1 saturated carbocycles. The topological polar surface area (TPSA) is 87.0 Å². The molecule has 0 amide bonds. The zero-order valence-electron chi connectivity index (χ0n) is 17.7. The van der Waals surface area contributed by atoms with Crippen LogP contribution in [0.3, 0.4) is 0 Å². The zero-order chi connectivity index (χ0) is 22.0. The summed E-state index contributed by atoms with van der Waals surface area (Å²) >= 11 is 3.60. The molecule has 4 rings (SSSR count). The number of fused-ring (bicyclic) bond motifs is 1. The standard InChI is InChI=1S/C22H25BrN4O4/c1-29-16-7-6-15(17(11-16)30-2)12-25-20-18-19(23)26-21(27(18)9-8-24-20)13-4-5-14(10-13)22(28)31-3/h6-9,11,13-14H,4-5,10,12H2,1-3H3,(H,24,25)/t13-,14+/m0/s1. The summed E-state index contributed by atoms with van der Waals surface area (Å²) in [7, 11) is 4.71. The first-order valence-electron chi connectivity index (χ1n) is 10.1. The maximum absolute atomic E-state index is 11.9. The molecule has 3 aromatic rings. The van der Waals surface area contributed by atoms with Gasteiger partial charge in [-0.25, -0.2) is 9.97 Å². The van der Waals surface area contributed by atoms with Crippen LogP contribution in [-0.4, -0.2) is 41.7 Å². The van der Waals surface area contributed by atoms with Crippen LogP contribution in [0.5, 0.6) is 11.5 Å². The Kier molecular flexibility index (Phi) is 6.31. The molecule has 1 N–H and O–H groups in total. The summed E-state index contributed by atoms with van der Waals surface area (Å²) in [5.74, 6) is 3.12. The Bertz CT molecular complexity index is 1100. The van der Waals surface area contributed by atoms with Crippen LogP contribution in [0, 0.1) is 5.92 Å². The van der Waals surface area contributed by atoms with Crippen LogP contribution >= 0.6 is 15.9 Å². The minimum absolute atomic E-state index is 0.0666. The molecule has 2 heterocycles. The van der Waals surface area contributed by atoms with Gasteiger partial charge in [0.2, 0.25) is 0 Å². The number of rotatable bonds is 7. The summed E-state index contributed by atoms with van der Waals surface area (Å²) in [6, 6.07) is 5.72. The number of ether oxygens (including phenoxy) is 3. The lowest BCUT2D eigenvalue weighted by molar-refractivity contribution is -0.145. The van der Waals surface area contributed by atoms with Gasteiger partial charge in [0, 0.05) is 36.5 Å². The number of anilines is 1. The van der Waals surface area contributed by atoms with Crippen molar-refractivity contribution in [2.75, 3.05) is 26.6 Å². The van der Waals surface area contributed by atoms with Gasteiger partial charge in [-0.3, -0.25) is 9.20 Å². The van der Waals surface area contributed by atoms with Crippen LogP contribution in [-0.2, 0) is 16.1 Å². The number of imidazole rings is 1. The van der Waals surface area contributed by atoms with Gasteiger partial charge in [-0.2, -0.15) is 0 Å². The minimum Gasteiger partial charge on any atom is -0.497 e. The maximum Gasteiger partial charge on any atom is 0.308 e. The summed E-state index contributed by atoms with van der Waals surface area (Å²) in [4.78, 5) is 21.2. The number of esters is 1. The average molecular weight is 489 g/mol. The molecule has 0 aliphatic heterocycles. The van der Waals surface area contributed by atoms with Gasteiger partial charge in [0.25, 0.3) is 0 Å². The van der Waals surface area contributed by atoms with Gasteiger partial charge in [0.1, 0.15) is 27.4 Å². The van der Waals surface area contributed by atoms with E-state index in [0.29, 0.717) is 12.4 Å². The Morgan fingerprint density at radius 3 is 2.84 bits per heavy atom. The molecule has 0 bridgehead atoms. The van der Waals surface area contributed by atoms with E-state index in [0.717, 1.165) is 52.3 Å². The van der Waals surface area contributed by atoms with Crippen LogP contribution in [0.1, 0.15) is 36.6 Å². The third-order valence-electron chi connectivity index (χ3n) is 5.81. The largest absolute Gasteiger partial charge is 0.497 e. The lowest BCUT2D eigenvalue weighted by atomic mass is 10.0. The average Bonchev–Trinajstić information content (AvgIpc) is 3.42. The van der Waals surface area contributed by atoms with Crippen molar-refractivity contribution < 1.29 is 19.0 Å². The van der Waals surface area contributed by atoms with Gasteiger partial charge in [-0.1, -0.05) is 0 Å². The number of nitrogens with zero attached hydrogens (tertiary/aromatic N) is 3. The van der Waals surface area contributed by atoms with E-state index in [1.54, 1.807) is 20.4 Å². The summed E-state index contributed by atoms with van der Waals surface area (Å²) in [6.07, 6.45) is 6.13. The monoisotopic (exact) mass is 488 g/mol. The molecular weight excluding hydrogens is 464 g/mol. The number of carbonyl (C=O) groups excluding carboxylic acids is 1. The summed E-state index contributed by atoms with van der Waals surface area (Å²) < 4.78 is 18.5. The number of halogens is 1. The second-order valence-corrected chi connectivity index (χ2v) is 8.27. The van der Waals surface area contributed by atoms with Crippen molar-refractivity contribution in [3.63, 3.8) is 0 Å². The molecule has 0 radical (unpaired) electrons. The second-order valence-electron chi connectivity index (χ2n) is 7.52. The Hall–Kier alpha value is -2.81. The number of benzene rings is 1. The molecule has 1 aromatic carbocycles. The van der Waals surface area contributed by atoms with Gasteiger partial charge in [-0.15, -0.1) is 0 Å². The lowest BCUT2D eigenvalue weighted by Gasteiger charge is -2.13. The Balaban J connectivity index is 1.59. The van der Waals surface area contributed by atoms with E-state index in [4.69, 9.17) is 19.2 Å². The van der Waals surface area contributed by atoms with Crippen molar-refractivity contribution in [2.45, 2.75) is 31.7 Å². The number of methoxy groups -OCH3 is 3. The SMILES string of the molecule is COC(=O)[C@@H]1CC[C@H](c2nc(Br)c3c(NCc4ccc(OC)cc4OC)nccn23)C1. The highest BCUT2D eigenvalue weighted by atomic mass is 79.9. The molecule has 1 aliphatic carbocycles. The van der Waals surface area contributed by atoms with E-state index < -0.39 is 0 Å². The summed E-state index contributed by atoms with van der Waals surface area (Å²) in [5, 5.41) is 3.40. The van der Waals surface area contributed by atoms with Crippen LogP contribution in [0.2, 0.25) is 0 Å². The van der Waals surface area contributed by atoms with E-state index in [2.05, 4.69) is 30.6 Å². The van der Waals surface area contributed by atoms with Crippen LogP contribution in [0.25, 0.3) is 5.52 Å². The summed E-state index contributed by atoms with van der Waals surface area (Å²) in [5.41, 5.74) is 1.85. The first-order chi connectivity index (χ1) is 15.0. The van der Waals surface area contributed by atoms with Gasteiger partial charge in [0.15, 0.2) is 5.82 Å². The number of aromatic nitrogens is 3. The Labute approximate surface area is 189 Å². The quantitative estimate of drug-likeness (QED) is 0.499. The molecule has 0 spiro atoms. The molecule has 164 valence electrons. The van der Waals surface area contributed by atoms with Gasteiger partial charge < -0.3 is 19.5 Å². The predicted octanol–water partition coefficient (Wildman–Crippen LogP) is 4.18. The lowest BCUT2D eigenvalue weighted by Crippen LogP contribution is -2.13. The number of nitrogens with one attached hydrogen (secondary N) is 1. The molecule has 9 heteroatoms. The van der Waals surface area contributed by atoms with E-state index in [-0.39, 0.29) is 17.8 Å². The van der Waals surface area contributed by atoms with E-state index in [1.165, 1.54) is 7.11 Å². The predicted molar refractivity (Wildman–Crippen MR) is 120 cm³/mol. The Morgan fingerprint density at radius 1 is 1.26 bits per heavy atom. The highest BCUT2D eigenvalue weighted by molar-refractivity contribution is 9.10. The van der Waals surface area contributed by atoms with Crippen molar-refractivity contribution in [3.8, 4) is 11.5 Å². The van der Waals surface area contributed by atoms with E-state index >= 15 is 0 Å². The molecule has 2 atom stereocenters. The molecule has 8 nitrogen and oxygen atoms in total. The molecule has 31 heavy (non-hydrogen) atoms. The van der Waals surface area contributed by atoms with Gasteiger partial charge in [0.05, 0.1) is 27.2 Å². The number of hydrogen-bond acceptors (Lipinski definition) is 7. The summed E-state index contributed by atoms with van der Waals surface area (Å²) in [6.45, 7) is 0.528. The maximum atomic E-state index is 11.9. The van der Waals surface area contributed by atoms with Gasteiger partial charge >= 0.3 is 5.97 Å². The highest BCUT2D eigenvalue weighted by Crippen LogP contribution is 2.40. The van der Waals surface area contributed by atoms with Gasteiger partial charge in [-0.05, 0) is 47.3 Å².